The minimum absolute atomic E-state index is 0.202. The quantitative estimate of drug-likeness (QED) is 0.765. The lowest BCUT2D eigenvalue weighted by Crippen LogP contribution is -2.10. The fourth-order valence-electron chi connectivity index (χ4n) is 2.10. The van der Waals surface area contributed by atoms with Crippen molar-refractivity contribution in [2.45, 2.75) is 20.0 Å². The van der Waals surface area contributed by atoms with Crippen molar-refractivity contribution < 1.29 is 4.79 Å². The molecule has 0 saturated heterocycles. The number of nitrogens with one attached hydrogen (secondary N) is 1. The van der Waals surface area contributed by atoms with Crippen LogP contribution in [0.25, 0.3) is 0 Å². The maximum Gasteiger partial charge on any atom is 0.258 e. The van der Waals surface area contributed by atoms with Crippen LogP contribution in [0, 0.1) is 0 Å². The van der Waals surface area contributed by atoms with Crippen molar-refractivity contribution >= 4 is 11.6 Å². The molecule has 3 aromatic rings. The molecule has 1 amide bonds. The average Bonchev–Trinajstić information content (AvgIpc) is 3.21. The van der Waals surface area contributed by atoms with E-state index in [1.165, 1.54) is 6.20 Å². The Kier molecular flexibility index (Phi) is 3.73. The maximum absolute atomic E-state index is 12.0. The highest BCUT2D eigenvalue weighted by Crippen LogP contribution is 2.09. The van der Waals surface area contributed by atoms with Crippen LogP contribution in [0.4, 0.5) is 5.69 Å². The van der Waals surface area contributed by atoms with Crippen molar-refractivity contribution in [2.75, 3.05) is 5.32 Å². The SMILES string of the molecule is CCn1cc(Cn2cc(NC(=O)c3cnn(C)c3)cn2)cn1. The summed E-state index contributed by atoms with van der Waals surface area (Å²) in [6, 6.07) is 0. The molecule has 0 bridgehead atoms. The molecule has 0 radical (unpaired) electrons. The molecule has 114 valence electrons. The molecule has 0 unspecified atom stereocenters. The first-order valence-corrected chi connectivity index (χ1v) is 6.98. The Morgan fingerprint density at radius 1 is 1.09 bits per heavy atom. The second kappa shape index (κ2) is 5.84. The number of carbonyl (C=O) groups is 1. The molecule has 0 aromatic carbocycles. The summed E-state index contributed by atoms with van der Waals surface area (Å²) in [4.78, 5) is 12.0. The van der Waals surface area contributed by atoms with Crippen molar-refractivity contribution in [3.05, 3.63) is 48.3 Å². The van der Waals surface area contributed by atoms with Crippen LogP contribution >= 0.6 is 0 Å². The van der Waals surface area contributed by atoms with Crippen LogP contribution in [-0.4, -0.2) is 35.2 Å². The normalized spacial score (nSPS) is 10.8. The third-order valence-corrected chi connectivity index (χ3v) is 3.21. The Bertz CT molecular complexity index is 783. The molecule has 0 saturated carbocycles. The van der Waals surface area contributed by atoms with Gasteiger partial charge in [-0.1, -0.05) is 0 Å². The summed E-state index contributed by atoms with van der Waals surface area (Å²) in [5.41, 5.74) is 2.23. The molecule has 3 aromatic heterocycles. The van der Waals surface area contributed by atoms with E-state index in [9.17, 15) is 4.79 Å². The van der Waals surface area contributed by atoms with Crippen LogP contribution in [0.15, 0.2) is 37.2 Å². The van der Waals surface area contributed by atoms with Crippen molar-refractivity contribution in [1.82, 2.24) is 29.3 Å². The van der Waals surface area contributed by atoms with Crippen LogP contribution in [-0.2, 0) is 20.1 Å². The number of anilines is 1. The Hall–Kier alpha value is -2.90. The summed E-state index contributed by atoms with van der Waals surface area (Å²) in [7, 11) is 1.77. The number of rotatable bonds is 5. The number of aromatic nitrogens is 6. The van der Waals surface area contributed by atoms with Crippen LogP contribution in [0.2, 0.25) is 0 Å². The predicted molar refractivity (Wildman–Crippen MR) is 80.4 cm³/mol. The topological polar surface area (TPSA) is 82.6 Å². The highest BCUT2D eigenvalue weighted by molar-refractivity contribution is 6.03. The van der Waals surface area contributed by atoms with E-state index in [2.05, 4.69) is 20.6 Å². The van der Waals surface area contributed by atoms with Crippen LogP contribution in [0.5, 0.6) is 0 Å². The summed E-state index contributed by atoms with van der Waals surface area (Å²) < 4.78 is 5.21. The molecule has 22 heavy (non-hydrogen) atoms. The summed E-state index contributed by atoms with van der Waals surface area (Å²) in [5, 5.41) is 15.2. The zero-order valence-corrected chi connectivity index (χ0v) is 12.5. The van der Waals surface area contributed by atoms with Crippen molar-refractivity contribution in [2.24, 2.45) is 7.05 Å². The number of amides is 1. The Morgan fingerprint density at radius 3 is 2.59 bits per heavy atom. The van der Waals surface area contributed by atoms with Crippen molar-refractivity contribution in [3.63, 3.8) is 0 Å². The zero-order chi connectivity index (χ0) is 15.5. The molecular formula is C14H17N7O. The fourth-order valence-corrected chi connectivity index (χ4v) is 2.10. The minimum Gasteiger partial charge on any atom is -0.319 e. The molecule has 3 heterocycles. The van der Waals surface area contributed by atoms with E-state index < -0.39 is 0 Å². The van der Waals surface area contributed by atoms with Gasteiger partial charge in [-0.3, -0.25) is 18.8 Å². The first kappa shape index (κ1) is 14.1. The second-order valence-electron chi connectivity index (χ2n) is 4.99. The summed E-state index contributed by atoms with van der Waals surface area (Å²) in [5.74, 6) is -0.202. The number of aryl methyl sites for hydroxylation is 2. The Morgan fingerprint density at radius 2 is 1.91 bits per heavy atom. The van der Waals surface area contributed by atoms with E-state index in [1.807, 2.05) is 24.0 Å². The van der Waals surface area contributed by atoms with Gasteiger partial charge in [-0.25, -0.2) is 0 Å². The number of nitrogens with zero attached hydrogens (tertiary/aromatic N) is 6. The monoisotopic (exact) mass is 299 g/mol. The molecule has 3 rings (SSSR count). The third-order valence-electron chi connectivity index (χ3n) is 3.21. The first-order chi connectivity index (χ1) is 10.6. The van der Waals surface area contributed by atoms with Crippen LogP contribution in [0.1, 0.15) is 22.8 Å². The summed E-state index contributed by atoms with van der Waals surface area (Å²) in [6.45, 7) is 3.49. The van der Waals surface area contributed by atoms with Gasteiger partial charge in [0.25, 0.3) is 5.91 Å². The van der Waals surface area contributed by atoms with Crippen molar-refractivity contribution in [1.29, 1.82) is 0 Å². The smallest absolute Gasteiger partial charge is 0.258 e. The van der Waals surface area contributed by atoms with Gasteiger partial charge < -0.3 is 5.32 Å². The molecule has 0 fully saturated rings. The molecule has 1 N–H and O–H groups in total. The summed E-state index contributed by atoms with van der Waals surface area (Å²) >= 11 is 0. The van der Waals surface area contributed by atoms with E-state index >= 15 is 0 Å². The number of carbonyl (C=O) groups excluding carboxylic acids is 1. The third kappa shape index (κ3) is 3.05. The van der Waals surface area contributed by atoms with Crippen LogP contribution in [0.3, 0.4) is 0 Å². The first-order valence-electron chi connectivity index (χ1n) is 6.98. The van der Waals surface area contributed by atoms with E-state index in [-0.39, 0.29) is 5.91 Å². The van der Waals surface area contributed by atoms with Gasteiger partial charge in [0.1, 0.15) is 0 Å². The molecule has 0 aliphatic rings. The lowest BCUT2D eigenvalue weighted by Gasteiger charge is -1.99. The molecule has 8 heteroatoms. The van der Waals surface area contributed by atoms with E-state index in [4.69, 9.17) is 0 Å². The average molecular weight is 299 g/mol. The fraction of sp³-hybridized carbons (Fsp3) is 0.286. The zero-order valence-electron chi connectivity index (χ0n) is 12.5. The predicted octanol–water partition coefficient (Wildman–Crippen LogP) is 1.13. The highest BCUT2D eigenvalue weighted by atomic mass is 16.1. The molecular weight excluding hydrogens is 282 g/mol. The molecule has 0 aliphatic carbocycles. The number of hydrogen-bond donors (Lipinski definition) is 1. The van der Waals surface area contributed by atoms with Gasteiger partial charge in [-0.15, -0.1) is 0 Å². The lowest BCUT2D eigenvalue weighted by molar-refractivity contribution is 0.102. The van der Waals surface area contributed by atoms with Gasteiger partial charge in [0.2, 0.25) is 0 Å². The van der Waals surface area contributed by atoms with Gasteiger partial charge in [-0.05, 0) is 6.92 Å². The van der Waals surface area contributed by atoms with Gasteiger partial charge >= 0.3 is 0 Å². The maximum atomic E-state index is 12.0. The second-order valence-corrected chi connectivity index (χ2v) is 4.99. The largest absolute Gasteiger partial charge is 0.319 e. The van der Waals surface area contributed by atoms with Crippen molar-refractivity contribution in [3.8, 4) is 0 Å². The van der Waals surface area contributed by atoms with Gasteiger partial charge in [0.05, 0.1) is 36.4 Å². The highest BCUT2D eigenvalue weighted by Gasteiger charge is 2.09. The minimum atomic E-state index is -0.202. The molecule has 0 aliphatic heterocycles. The van der Waals surface area contributed by atoms with Gasteiger partial charge in [0.15, 0.2) is 0 Å². The van der Waals surface area contributed by atoms with E-state index in [1.54, 1.807) is 35.0 Å². The van der Waals surface area contributed by atoms with Crippen LogP contribution < -0.4 is 5.32 Å². The van der Waals surface area contributed by atoms with Gasteiger partial charge in [-0.2, -0.15) is 15.3 Å². The summed E-state index contributed by atoms with van der Waals surface area (Å²) in [6.07, 6.45) is 10.4. The number of hydrogen-bond acceptors (Lipinski definition) is 4. The van der Waals surface area contributed by atoms with E-state index in [0.29, 0.717) is 17.8 Å². The van der Waals surface area contributed by atoms with Gasteiger partial charge in [0, 0.05) is 37.7 Å². The standard InChI is InChI=1S/C14H17N7O/c1-3-20-7-11(4-16-20)8-21-10-13(6-17-21)18-14(22)12-5-15-19(2)9-12/h4-7,9-10H,3,8H2,1-2H3,(H,18,22). The Labute approximate surface area is 127 Å². The molecule has 0 atom stereocenters. The van der Waals surface area contributed by atoms with E-state index in [0.717, 1.165) is 12.1 Å². The Balaban J connectivity index is 1.64. The lowest BCUT2D eigenvalue weighted by atomic mass is 10.3. The molecule has 8 nitrogen and oxygen atoms in total. The molecule has 0 spiro atoms.